The molecule has 0 aliphatic carbocycles. The lowest BCUT2D eigenvalue weighted by Gasteiger charge is -2.20. The van der Waals surface area contributed by atoms with Crippen LogP contribution in [0.15, 0.2) is 18.3 Å². The first-order chi connectivity index (χ1) is 9.08. The number of anilines is 1. The van der Waals surface area contributed by atoms with E-state index in [9.17, 15) is 10.1 Å². The molecular weight excluding hydrogens is 244 g/mol. The molecule has 0 radical (unpaired) electrons. The summed E-state index contributed by atoms with van der Waals surface area (Å²) in [5.41, 5.74) is 0.0428. The van der Waals surface area contributed by atoms with Crippen molar-refractivity contribution in [2.75, 3.05) is 25.0 Å². The zero-order chi connectivity index (χ0) is 13.8. The maximum atomic E-state index is 10.9. The number of nitro groups is 1. The van der Waals surface area contributed by atoms with Gasteiger partial charge in [-0.15, -0.1) is 0 Å². The third-order valence-electron chi connectivity index (χ3n) is 3.59. The van der Waals surface area contributed by atoms with E-state index in [2.05, 4.69) is 29.0 Å². The molecule has 6 nitrogen and oxygen atoms in total. The summed E-state index contributed by atoms with van der Waals surface area (Å²) in [5, 5.41) is 14.0. The summed E-state index contributed by atoms with van der Waals surface area (Å²) < 4.78 is 0. The molecular formula is C13H20N4O2. The topological polar surface area (TPSA) is 71.3 Å². The van der Waals surface area contributed by atoms with Crippen LogP contribution in [0.1, 0.15) is 20.3 Å². The Morgan fingerprint density at radius 2 is 2.42 bits per heavy atom. The molecule has 0 spiro atoms. The summed E-state index contributed by atoms with van der Waals surface area (Å²) in [6, 6.07) is 3.62. The van der Waals surface area contributed by atoms with Crippen molar-refractivity contribution in [1.29, 1.82) is 0 Å². The predicted octanol–water partition coefficient (Wildman–Crippen LogP) is 2.13. The molecule has 1 fully saturated rings. The quantitative estimate of drug-likeness (QED) is 0.651. The van der Waals surface area contributed by atoms with Crippen LogP contribution in [0.4, 0.5) is 11.5 Å². The van der Waals surface area contributed by atoms with Crippen LogP contribution in [0.25, 0.3) is 0 Å². The predicted molar refractivity (Wildman–Crippen MR) is 74.2 cm³/mol. The molecule has 1 aromatic rings. The Balaban J connectivity index is 1.91. The Kier molecular flexibility index (Phi) is 4.31. The highest BCUT2D eigenvalue weighted by atomic mass is 16.6. The SMILES string of the molecule is CC(C)N1CCC(CNc2ncccc2[N+](=O)[O-])C1. The van der Waals surface area contributed by atoms with Crippen LogP contribution in [-0.2, 0) is 0 Å². The molecule has 2 rings (SSSR count). The molecule has 0 aromatic carbocycles. The molecule has 1 atom stereocenters. The van der Waals surface area contributed by atoms with Crippen molar-refractivity contribution in [3.8, 4) is 0 Å². The first kappa shape index (κ1) is 13.7. The van der Waals surface area contributed by atoms with Gasteiger partial charge in [0.15, 0.2) is 0 Å². The van der Waals surface area contributed by atoms with Crippen LogP contribution >= 0.6 is 0 Å². The molecule has 2 heterocycles. The van der Waals surface area contributed by atoms with Crippen molar-refractivity contribution in [2.24, 2.45) is 5.92 Å². The average Bonchev–Trinajstić information content (AvgIpc) is 2.85. The number of hydrogen-bond acceptors (Lipinski definition) is 5. The highest BCUT2D eigenvalue weighted by Crippen LogP contribution is 2.23. The normalized spacial score (nSPS) is 19.8. The van der Waals surface area contributed by atoms with Crippen LogP contribution in [-0.4, -0.2) is 40.5 Å². The Hall–Kier alpha value is -1.69. The highest BCUT2D eigenvalue weighted by molar-refractivity contribution is 5.55. The number of nitrogens with zero attached hydrogens (tertiary/aromatic N) is 3. The monoisotopic (exact) mass is 264 g/mol. The molecule has 0 bridgehead atoms. The zero-order valence-corrected chi connectivity index (χ0v) is 11.4. The molecule has 6 heteroatoms. The second-order valence-electron chi connectivity index (χ2n) is 5.25. The molecule has 104 valence electrons. The van der Waals surface area contributed by atoms with Crippen molar-refractivity contribution in [2.45, 2.75) is 26.3 Å². The number of likely N-dealkylation sites (tertiary alicyclic amines) is 1. The van der Waals surface area contributed by atoms with Gasteiger partial charge in [0, 0.05) is 31.4 Å². The van der Waals surface area contributed by atoms with Gasteiger partial charge < -0.3 is 10.2 Å². The Bertz CT molecular complexity index is 450. The van der Waals surface area contributed by atoms with Gasteiger partial charge in [0.2, 0.25) is 5.82 Å². The van der Waals surface area contributed by atoms with Crippen LogP contribution in [0.3, 0.4) is 0 Å². The van der Waals surface area contributed by atoms with Gasteiger partial charge in [-0.3, -0.25) is 10.1 Å². The second kappa shape index (κ2) is 5.97. The molecule has 1 aliphatic heterocycles. The minimum Gasteiger partial charge on any atom is -0.364 e. The van der Waals surface area contributed by atoms with Gasteiger partial charge in [-0.2, -0.15) is 0 Å². The number of hydrogen-bond donors (Lipinski definition) is 1. The third kappa shape index (κ3) is 3.41. The van der Waals surface area contributed by atoms with Gasteiger partial charge >= 0.3 is 5.69 Å². The van der Waals surface area contributed by atoms with E-state index in [1.807, 2.05) is 0 Å². The lowest BCUT2D eigenvalue weighted by Crippen LogP contribution is -2.29. The van der Waals surface area contributed by atoms with Crippen LogP contribution in [0.2, 0.25) is 0 Å². The lowest BCUT2D eigenvalue weighted by molar-refractivity contribution is -0.384. The second-order valence-corrected chi connectivity index (χ2v) is 5.25. The summed E-state index contributed by atoms with van der Waals surface area (Å²) in [4.78, 5) is 17.0. The van der Waals surface area contributed by atoms with Gasteiger partial charge in [0.1, 0.15) is 0 Å². The Labute approximate surface area is 113 Å². The van der Waals surface area contributed by atoms with E-state index < -0.39 is 4.92 Å². The van der Waals surface area contributed by atoms with Crippen molar-refractivity contribution >= 4 is 11.5 Å². The Morgan fingerprint density at radius 3 is 3.05 bits per heavy atom. The van der Waals surface area contributed by atoms with E-state index in [0.717, 1.165) is 26.1 Å². The fourth-order valence-corrected chi connectivity index (χ4v) is 2.42. The fourth-order valence-electron chi connectivity index (χ4n) is 2.42. The maximum absolute atomic E-state index is 10.9. The fraction of sp³-hybridized carbons (Fsp3) is 0.615. The van der Waals surface area contributed by atoms with Gasteiger partial charge in [0.25, 0.3) is 0 Å². The zero-order valence-electron chi connectivity index (χ0n) is 11.4. The standard InChI is InChI=1S/C13H20N4O2/c1-10(2)16-7-5-11(9-16)8-15-13-12(17(18)19)4-3-6-14-13/h3-4,6,10-11H,5,7-9H2,1-2H3,(H,14,15). The van der Waals surface area contributed by atoms with E-state index in [1.165, 1.54) is 6.07 Å². The minimum atomic E-state index is -0.398. The summed E-state index contributed by atoms with van der Waals surface area (Å²) in [6.45, 7) is 7.28. The number of pyridine rings is 1. The summed E-state index contributed by atoms with van der Waals surface area (Å²) in [6.07, 6.45) is 2.70. The van der Waals surface area contributed by atoms with Crippen molar-refractivity contribution in [3.05, 3.63) is 28.4 Å². The third-order valence-corrected chi connectivity index (χ3v) is 3.59. The highest BCUT2D eigenvalue weighted by Gasteiger charge is 2.24. The van der Waals surface area contributed by atoms with Gasteiger partial charge in [-0.25, -0.2) is 4.98 Å². The number of aromatic nitrogens is 1. The molecule has 1 N–H and O–H groups in total. The number of nitrogens with one attached hydrogen (secondary N) is 1. The van der Waals surface area contributed by atoms with E-state index in [4.69, 9.17) is 0 Å². The first-order valence-electron chi connectivity index (χ1n) is 6.65. The van der Waals surface area contributed by atoms with Gasteiger partial charge in [-0.1, -0.05) is 0 Å². The Morgan fingerprint density at radius 1 is 1.63 bits per heavy atom. The van der Waals surface area contributed by atoms with Crippen molar-refractivity contribution in [3.63, 3.8) is 0 Å². The summed E-state index contributed by atoms with van der Waals surface area (Å²) in [7, 11) is 0. The summed E-state index contributed by atoms with van der Waals surface area (Å²) >= 11 is 0. The maximum Gasteiger partial charge on any atom is 0.311 e. The van der Waals surface area contributed by atoms with E-state index in [0.29, 0.717) is 17.8 Å². The molecule has 1 aliphatic rings. The molecule has 1 saturated heterocycles. The average molecular weight is 264 g/mol. The molecule has 0 amide bonds. The molecule has 1 aromatic heterocycles. The first-order valence-corrected chi connectivity index (χ1v) is 6.65. The lowest BCUT2D eigenvalue weighted by atomic mass is 10.1. The van der Waals surface area contributed by atoms with Crippen molar-refractivity contribution in [1.82, 2.24) is 9.88 Å². The largest absolute Gasteiger partial charge is 0.364 e. The van der Waals surface area contributed by atoms with E-state index in [-0.39, 0.29) is 5.69 Å². The van der Waals surface area contributed by atoms with E-state index >= 15 is 0 Å². The van der Waals surface area contributed by atoms with Gasteiger partial charge in [0.05, 0.1) is 4.92 Å². The molecule has 19 heavy (non-hydrogen) atoms. The van der Waals surface area contributed by atoms with Crippen LogP contribution < -0.4 is 5.32 Å². The molecule has 0 saturated carbocycles. The smallest absolute Gasteiger partial charge is 0.311 e. The number of rotatable bonds is 5. The van der Waals surface area contributed by atoms with Crippen LogP contribution in [0.5, 0.6) is 0 Å². The molecule has 1 unspecified atom stereocenters. The van der Waals surface area contributed by atoms with Crippen molar-refractivity contribution < 1.29 is 4.92 Å². The van der Waals surface area contributed by atoms with E-state index in [1.54, 1.807) is 12.3 Å². The van der Waals surface area contributed by atoms with Gasteiger partial charge in [-0.05, 0) is 38.8 Å². The van der Waals surface area contributed by atoms with Crippen LogP contribution in [0, 0.1) is 16.0 Å². The summed E-state index contributed by atoms with van der Waals surface area (Å²) in [5.74, 6) is 0.902. The minimum absolute atomic E-state index is 0.0428.